The van der Waals surface area contributed by atoms with Gasteiger partial charge in [0.2, 0.25) is 0 Å². The average Bonchev–Trinajstić information content (AvgIpc) is 2.38. The van der Waals surface area contributed by atoms with Crippen LogP contribution in [0.2, 0.25) is 0 Å². The molecule has 1 N–H and O–H groups in total. The average molecular weight is 230 g/mol. The number of benzene rings is 1. The third-order valence-electron chi connectivity index (χ3n) is 3.19. The Kier molecular flexibility index (Phi) is 4.00. The lowest BCUT2D eigenvalue weighted by Crippen LogP contribution is -2.30. The minimum atomic E-state index is 0.615. The van der Waals surface area contributed by atoms with Gasteiger partial charge in [0, 0.05) is 0 Å². The Morgan fingerprint density at radius 2 is 2.18 bits per heavy atom. The van der Waals surface area contributed by atoms with Crippen molar-refractivity contribution in [3.63, 3.8) is 0 Å². The van der Waals surface area contributed by atoms with Crippen LogP contribution in [0.3, 0.4) is 0 Å². The monoisotopic (exact) mass is 230 g/mol. The van der Waals surface area contributed by atoms with E-state index in [0.717, 1.165) is 43.9 Å². The summed E-state index contributed by atoms with van der Waals surface area (Å²) in [6, 6.07) is 7.94. The van der Waals surface area contributed by atoms with Crippen molar-refractivity contribution in [1.29, 1.82) is 5.26 Å². The van der Waals surface area contributed by atoms with Gasteiger partial charge in [-0.25, -0.2) is 0 Å². The first-order valence-corrected chi connectivity index (χ1v) is 6.14. The molecule has 3 heteroatoms. The number of piperidine rings is 1. The Hall–Kier alpha value is -1.53. The number of nitriles is 1. The molecule has 1 aliphatic rings. The van der Waals surface area contributed by atoms with E-state index in [0.29, 0.717) is 11.5 Å². The summed E-state index contributed by atoms with van der Waals surface area (Å²) < 4.78 is 5.77. The van der Waals surface area contributed by atoms with Crippen molar-refractivity contribution < 1.29 is 4.74 Å². The summed E-state index contributed by atoms with van der Waals surface area (Å²) in [5, 5.41) is 12.4. The lowest BCUT2D eigenvalue weighted by Gasteiger charge is -2.22. The molecule has 90 valence electrons. The molecule has 0 amide bonds. The molecule has 0 bridgehead atoms. The van der Waals surface area contributed by atoms with Gasteiger partial charge in [-0.1, -0.05) is 6.07 Å². The summed E-state index contributed by atoms with van der Waals surface area (Å²) >= 11 is 0. The number of hydrogen-bond donors (Lipinski definition) is 1. The zero-order valence-electron chi connectivity index (χ0n) is 10.2. The van der Waals surface area contributed by atoms with Crippen LogP contribution in [-0.4, -0.2) is 19.7 Å². The summed E-state index contributed by atoms with van der Waals surface area (Å²) in [5.41, 5.74) is 1.73. The number of rotatable bonds is 3. The number of nitrogens with one attached hydrogen (secondary N) is 1. The molecule has 1 fully saturated rings. The molecule has 0 spiro atoms. The molecule has 17 heavy (non-hydrogen) atoms. The molecule has 0 atom stereocenters. The molecular formula is C14H18N2O. The highest BCUT2D eigenvalue weighted by Crippen LogP contribution is 2.21. The van der Waals surface area contributed by atoms with E-state index in [4.69, 9.17) is 10.00 Å². The first-order valence-electron chi connectivity index (χ1n) is 6.14. The van der Waals surface area contributed by atoms with Gasteiger partial charge in [0.15, 0.2) is 0 Å². The van der Waals surface area contributed by atoms with E-state index in [1.807, 2.05) is 25.1 Å². The molecule has 1 heterocycles. The summed E-state index contributed by atoms with van der Waals surface area (Å²) in [4.78, 5) is 0. The number of aryl methyl sites for hydroxylation is 1. The van der Waals surface area contributed by atoms with Crippen LogP contribution in [0, 0.1) is 24.2 Å². The first-order chi connectivity index (χ1) is 8.29. The van der Waals surface area contributed by atoms with E-state index >= 15 is 0 Å². The zero-order chi connectivity index (χ0) is 12.1. The van der Waals surface area contributed by atoms with Gasteiger partial charge in [0.1, 0.15) is 11.8 Å². The van der Waals surface area contributed by atoms with E-state index in [1.165, 1.54) is 0 Å². The molecule has 0 radical (unpaired) electrons. The number of ether oxygens (including phenoxy) is 1. The number of nitrogens with zero attached hydrogens (tertiary/aromatic N) is 1. The van der Waals surface area contributed by atoms with Crippen molar-refractivity contribution in [2.24, 2.45) is 5.92 Å². The lowest BCUT2D eigenvalue weighted by atomic mass is 9.99. The van der Waals surface area contributed by atoms with Crippen LogP contribution >= 0.6 is 0 Å². The fourth-order valence-electron chi connectivity index (χ4n) is 2.11. The standard InChI is InChI=1S/C14H18N2O/c1-11-2-3-14(13(8-11)9-15)17-10-12-4-6-16-7-5-12/h2-3,8,12,16H,4-7,10H2,1H3. The van der Waals surface area contributed by atoms with Crippen molar-refractivity contribution >= 4 is 0 Å². The quantitative estimate of drug-likeness (QED) is 0.866. The molecule has 0 unspecified atom stereocenters. The first kappa shape index (κ1) is 11.9. The van der Waals surface area contributed by atoms with Crippen molar-refractivity contribution in [3.05, 3.63) is 29.3 Å². The zero-order valence-corrected chi connectivity index (χ0v) is 10.2. The highest BCUT2D eigenvalue weighted by Gasteiger charge is 2.14. The van der Waals surface area contributed by atoms with Gasteiger partial charge in [0.25, 0.3) is 0 Å². The molecule has 0 saturated carbocycles. The predicted molar refractivity (Wildman–Crippen MR) is 67.0 cm³/mol. The van der Waals surface area contributed by atoms with Gasteiger partial charge < -0.3 is 10.1 Å². The van der Waals surface area contributed by atoms with Crippen molar-refractivity contribution in [3.8, 4) is 11.8 Å². The van der Waals surface area contributed by atoms with Crippen LogP contribution in [0.15, 0.2) is 18.2 Å². The number of hydrogen-bond acceptors (Lipinski definition) is 3. The van der Waals surface area contributed by atoms with Crippen LogP contribution in [0.1, 0.15) is 24.0 Å². The fourth-order valence-corrected chi connectivity index (χ4v) is 2.11. The molecular weight excluding hydrogens is 212 g/mol. The minimum Gasteiger partial charge on any atom is -0.492 e. The third-order valence-corrected chi connectivity index (χ3v) is 3.19. The van der Waals surface area contributed by atoms with E-state index in [1.54, 1.807) is 0 Å². The summed E-state index contributed by atoms with van der Waals surface area (Å²) in [6.45, 7) is 4.86. The normalized spacial score (nSPS) is 16.5. The molecule has 1 saturated heterocycles. The largest absolute Gasteiger partial charge is 0.492 e. The summed E-state index contributed by atoms with van der Waals surface area (Å²) in [7, 11) is 0. The SMILES string of the molecule is Cc1ccc(OCC2CCNCC2)c(C#N)c1. The van der Waals surface area contributed by atoms with E-state index < -0.39 is 0 Å². The molecule has 1 aliphatic heterocycles. The second-order valence-electron chi connectivity index (χ2n) is 4.62. The van der Waals surface area contributed by atoms with Crippen LogP contribution < -0.4 is 10.1 Å². The van der Waals surface area contributed by atoms with Crippen molar-refractivity contribution in [2.45, 2.75) is 19.8 Å². The lowest BCUT2D eigenvalue weighted by molar-refractivity contribution is 0.215. The summed E-state index contributed by atoms with van der Waals surface area (Å²) in [5.74, 6) is 1.33. The van der Waals surface area contributed by atoms with E-state index in [-0.39, 0.29) is 0 Å². The maximum absolute atomic E-state index is 9.04. The highest BCUT2D eigenvalue weighted by molar-refractivity contribution is 5.45. The molecule has 1 aromatic carbocycles. The smallest absolute Gasteiger partial charge is 0.137 e. The van der Waals surface area contributed by atoms with Gasteiger partial charge >= 0.3 is 0 Å². The van der Waals surface area contributed by atoms with Crippen molar-refractivity contribution in [1.82, 2.24) is 5.32 Å². The van der Waals surface area contributed by atoms with Gasteiger partial charge in [-0.05, 0) is 56.5 Å². The fraction of sp³-hybridized carbons (Fsp3) is 0.500. The van der Waals surface area contributed by atoms with E-state index in [2.05, 4.69) is 11.4 Å². The molecule has 0 aromatic heterocycles. The topological polar surface area (TPSA) is 45.0 Å². The Morgan fingerprint density at radius 3 is 2.88 bits per heavy atom. The Bertz CT molecular complexity index is 417. The minimum absolute atomic E-state index is 0.615. The maximum atomic E-state index is 9.04. The van der Waals surface area contributed by atoms with Crippen molar-refractivity contribution in [2.75, 3.05) is 19.7 Å². The van der Waals surface area contributed by atoms with Crippen LogP contribution in [0.25, 0.3) is 0 Å². The Balaban J connectivity index is 1.96. The molecule has 0 aliphatic carbocycles. The molecule has 3 nitrogen and oxygen atoms in total. The van der Waals surface area contributed by atoms with Gasteiger partial charge in [-0.15, -0.1) is 0 Å². The van der Waals surface area contributed by atoms with Crippen LogP contribution in [-0.2, 0) is 0 Å². The molecule has 1 aromatic rings. The Morgan fingerprint density at radius 1 is 1.41 bits per heavy atom. The van der Waals surface area contributed by atoms with E-state index in [9.17, 15) is 0 Å². The van der Waals surface area contributed by atoms with Crippen LogP contribution in [0.4, 0.5) is 0 Å². The summed E-state index contributed by atoms with van der Waals surface area (Å²) in [6.07, 6.45) is 2.32. The Labute approximate surface area is 102 Å². The molecule has 2 rings (SSSR count). The van der Waals surface area contributed by atoms with Gasteiger partial charge in [0.05, 0.1) is 12.2 Å². The highest BCUT2D eigenvalue weighted by atomic mass is 16.5. The van der Waals surface area contributed by atoms with Gasteiger partial charge in [-0.3, -0.25) is 0 Å². The second kappa shape index (κ2) is 5.70. The van der Waals surface area contributed by atoms with Crippen LogP contribution in [0.5, 0.6) is 5.75 Å². The maximum Gasteiger partial charge on any atom is 0.137 e. The third kappa shape index (κ3) is 3.21. The van der Waals surface area contributed by atoms with Gasteiger partial charge in [-0.2, -0.15) is 5.26 Å². The second-order valence-corrected chi connectivity index (χ2v) is 4.62. The predicted octanol–water partition coefficient (Wildman–Crippen LogP) is 2.25.